The molecule has 0 heterocycles. The van der Waals surface area contributed by atoms with Crippen molar-refractivity contribution >= 4 is 5.91 Å². The quantitative estimate of drug-likeness (QED) is 0.798. The maximum atomic E-state index is 12.8. The van der Waals surface area contributed by atoms with Gasteiger partial charge in [-0.2, -0.15) is 0 Å². The molecule has 0 aliphatic rings. The Balaban J connectivity index is 1.72. The molecule has 1 N–H and O–H groups in total. The lowest BCUT2D eigenvalue weighted by Gasteiger charge is -2.16. The first kappa shape index (κ1) is 16.8. The molecule has 2 aromatic rings. The predicted molar refractivity (Wildman–Crippen MR) is 86.2 cm³/mol. The van der Waals surface area contributed by atoms with E-state index in [1.165, 1.54) is 12.1 Å². The first-order valence-corrected chi connectivity index (χ1v) is 7.44. The van der Waals surface area contributed by atoms with Crippen LogP contribution in [0.5, 0.6) is 11.5 Å². The molecule has 2 rings (SSSR count). The van der Waals surface area contributed by atoms with Crippen molar-refractivity contribution in [2.24, 2.45) is 0 Å². The molecule has 0 spiro atoms. The minimum atomic E-state index is -0.595. The maximum Gasteiger partial charge on any atom is 0.260 e. The molecule has 1 amide bonds. The van der Waals surface area contributed by atoms with E-state index in [1.54, 1.807) is 19.1 Å². The average molecular weight is 317 g/mol. The molecule has 0 saturated heterocycles. The number of hydrogen-bond acceptors (Lipinski definition) is 3. The van der Waals surface area contributed by atoms with Crippen LogP contribution >= 0.6 is 0 Å². The summed E-state index contributed by atoms with van der Waals surface area (Å²) in [6, 6.07) is 13.3. The number of carbonyl (C=O) groups excluding carboxylic acids is 1. The molecule has 1 atom stereocenters. The third-order valence-electron chi connectivity index (χ3n) is 3.25. The lowest BCUT2D eigenvalue weighted by Crippen LogP contribution is -2.38. The van der Waals surface area contributed by atoms with Gasteiger partial charge in [0.05, 0.1) is 6.54 Å². The molecule has 5 heteroatoms. The zero-order valence-corrected chi connectivity index (χ0v) is 13.2. The van der Waals surface area contributed by atoms with Crippen LogP contribution in [-0.2, 0) is 4.79 Å². The molecular weight excluding hydrogens is 297 g/mol. The molecule has 0 aliphatic heterocycles. The van der Waals surface area contributed by atoms with Gasteiger partial charge in [-0.3, -0.25) is 4.79 Å². The van der Waals surface area contributed by atoms with Crippen molar-refractivity contribution in [2.45, 2.75) is 20.0 Å². The van der Waals surface area contributed by atoms with E-state index in [1.807, 2.05) is 31.2 Å². The van der Waals surface area contributed by atoms with Crippen LogP contribution in [0.25, 0.3) is 0 Å². The van der Waals surface area contributed by atoms with Crippen LogP contribution in [-0.4, -0.2) is 25.2 Å². The van der Waals surface area contributed by atoms with Crippen molar-refractivity contribution in [3.63, 3.8) is 0 Å². The molecule has 4 nitrogen and oxygen atoms in total. The number of ether oxygens (including phenoxy) is 2. The van der Waals surface area contributed by atoms with E-state index >= 15 is 0 Å². The lowest BCUT2D eigenvalue weighted by atomic mass is 10.2. The fourth-order valence-corrected chi connectivity index (χ4v) is 1.95. The molecule has 0 bridgehead atoms. The Bertz CT molecular complexity index is 643. The second kappa shape index (κ2) is 8.17. The monoisotopic (exact) mass is 317 g/mol. The summed E-state index contributed by atoms with van der Waals surface area (Å²) in [6.07, 6.45) is -0.595. The minimum Gasteiger partial charge on any atom is -0.492 e. The van der Waals surface area contributed by atoms with Crippen molar-refractivity contribution in [3.05, 3.63) is 59.9 Å². The highest BCUT2D eigenvalue weighted by atomic mass is 19.1. The number of benzene rings is 2. The minimum absolute atomic E-state index is 0.212. The lowest BCUT2D eigenvalue weighted by molar-refractivity contribution is -0.127. The van der Waals surface area contributed by atoms with Crippen LogP contribution in [0.1, 0.15) is 12.5 Å². The number of carbonyl (C=O) groups is 1. The average Bonchev–Trinajstić information content (AvgIpc) is 2.55. The number of aryl methyl sites for hydroxylation is 1. The van der Waals surface area contributed by atoms with Gasteiger partial charge in [-0.1, -0.05) is 18.2 Å². The van der Waals surface area contributed by atoms with E-state index in [9.17, 15) is 9.18 Å². The molecule has 0 saturated carbocycles. The van der Waals surface area contributed by atoms with Crippen molar-refractivity contribution in [1.29, 1.82) is 0 Å². The van der Waals surface area contributed by atoms with E-state index in [4.69, 9.17) is 9.47 Å². The van der Waals surface area contributed by atoms with E-state index in [2.05, 4.69) is 5.32 Å². The van der Waals surface area contributed by atoms with Crippen molar-refractivity contribution < 1.29 is 18.7 Å². The molecule has 0 radical (unpaired) electrons. The van der Waals surface area contributed by atoms with Gasteiger partial charge in [-0.15, -0.1) is 0 Å². The zero-order chi connectivity index (χ0) is 16.7. The van der Waals surface area contributed by atoms with Gasteiger partial charge >= 0.3 is 0 Å². The van der Waals surface area contributed by atoms with Crippen molar-refractivity contribution in [1.82, 2.24) is 5.32 Å². The summed E-state index contributed by atoms with van der Waals surface area (Å²) in [5.74, 6) is 0.728. The SMILES string of the molecule is Cc1ccccc1OC(C)C(=O)NCCOc1ccc(F)cc1. The zero-order valence-electron chi connectivity index (χ0n) is 13.2. The highest BCUT2D eigenvalue weighted by Gasteiger charge is 2.14. The fraction of sp³-hybridized carbons (Fsp3) is 0.278. The van der Waals surface area contributed by atoms with Crippen LogP contribution < -0.4 is 14.8 Å². The summed E-state index contributed by atoms with van der Waals surface area (Å²) in [6.45, 7) is 4.27. The van der Waals surface area contributed by atoms with Crippen LogP contribution in [0, 0.1) is 12.7 Å². The summed E-state index contributed by atoms with van der Waals surface area (Å²) < 4.78 is 23.8. The number of halogens is 1. The Labute approximate surface area is 135 Å². The topological polar surface area (TPSA) is 47.6 Å². The molecule has 23 heavy (non-hydrogen) atoms. The predicted octanol–water partition coefficient (Wildman–Crippen LogP) is 3.10. The number of amides is 1. The molecule has 2 aromatic carbocycles. The highest BCUT2D eigenvalue weighted by molar-refractivity contribution is 5.80. The normalized spacial score (nSPS) is 11.6. The van der Waals surface area contributed by atoms with Gasteiger partial charge in [0.1, 0.15) is 23.9 Å². The van der Waals surface area contributed by atoms with Gasteiger partial charge in [-0.25, -0.2) is 4.39 Å². The Hall–Kier alpha value is -2.56. The second-order valence-electron chi connectivity index (χ2n) is 5.12. The molecule has 0 aliphatic carbocycles. The Morgan fingerprint density at radius 2 is 1.87 bits per heavy atom. The van der Waals surface area contributed by atoms with E-state index in [-0.39, 0.29) is 11.7 Å². The smallest absolute Gasteiger partial charge is 0.260 e. The third kappa shape index (κ3) is 5.29. The van der Waals surface area contributed by atoms with E-state index in [0.29, 0.717) is 24.7 Å². The Morgan fingerprint density at radius 3 is 2.57 bits per heavy atom. The summed E-state index contributed by atoms with van der Waals surface area (Å²) in [4.78, 5) is 12.0. The van der Waals surface area contributed by atoms with Gasteiger partial charge in [0, 0.05) is 0 Å². The summed E-state index contributed by atoms with van der Waals surface area (Å²) >= 11 is 0. The highest BCUT2D eigenvalue weighted by Crippen LogP contribution is 2.17. The van der Waals surface area contributed by atoms with Gasteiger partial charge in [0.25, 0.3) is 5.91 Å². The number of hydrogen-bond donors (Lipinski definition) is 1. The van der Waals surface area contributed by atoms with Crippen LogP contribution in [0.2, 0.25) is 0 Å². The van der Waals surface area contributed by atoms with Crippen molar-refractivity contribution in [2.75, 3.05) is 13.2 Å². The number of para-hydroxylation sites is 1. The first-order chi connectivity index (χ1) is 11.1. The van der Waals surface area contributed by atoms with Gasteiger partial charge in [-0.05, 0) is 49.7 Å². The number of nitrogens with one attached hydrogen (secondary N) is 1. The standard InChI is InChI=1S/C18H20FNO3/c1-13-5-3-4-6-17(13)23-14(2)18(21)20-11-12-22-16-9-7-15(19)8-10-16/h3-10,14H,11-12H2,1-2H3,(H,20,21). The molecule has 1 unspecified atom stereocenters. The van der Waals surface area contributed by atoms with E-state index in [0.717, 1.165) is 5.56 Å². The van der Waals surface area contributed by atoms with Crippen LogP contribution in [0.15, 0.2) is 48.5 Å². The largest absolute Gasteiger partial charge is 0.492 e. The molecule has 0 fully saturated rings. The fourth-order valence-electron chi connectivity index (χ4n) is 1.95. The van der Waals surface area contributed by atoms with Crippen molar-refractivity contribution in [3.8, 4) is 11.5 Å². The Kier molecular flexibility index (Phi) is 5.97. The molecule has 0 aromatic heterocycles. The second-order valence-corrected chi connectivity index (χ2v) is 5.12. The summed E-state index contributed by atoms with van der Waals surface area (Å²) in [7, 11) is 0. The number of rotatable bonds is 7. The van der Waals surface area contributed by atoms with Crippen LogP contribution in [0.4, 0.5) is 4.39 Å². The molecular formula is C18H20FNO3. The van der Waals surface area contributed by atoms with Gasteiger partial charge < -0.3 is 14.8 Å². The first-order valence-electron chi connectivity index (χ1n) is 7.44. The summed E-state index contributed by atoms with van der Waals surface area (Å²) in [5, 5.41) is 2.74. The van der Waals surface area contributed by atoms with Crippen LogP contribution in [0.3, 0.4) is 0 Å². The Morgan fingerprint density at radius 1 is 1.17 bits per heavy atom. The van der Waals surface area contributed by atoms with Gasteiger partial charge in [0.2, 0.25) is 0 Å². The van der Waals surface area contributed by atoms with Gasteiger partial charge in [0.15, 0.2) is 6.10 Å². The third-order valence-corrected chi connectivity index (χ3v) is 3.25. The summed E-state index contributed by atoms with van der Waals surface area (Å²) in [5.41, 5.74) is 0.979. The molecule has 122 valence electrons. The maximum absolute atomic E-state index is 12.8. The van der Waals surface area contributed by atoms with E-state index < -0.39 is 6.10 Å².